The number of carbonyl (C=O) groups excluding carboxylic acids is 2. The molecule has 10 heterocycles. The van der Waals surface area contributed by atoms with Gasteiger partial charge in [0.15, 0.2) is 0 Å². The molecule has 0 atom stereocenters. The lowest BCUT2D eigenvalue weighted by atomic mass is 9.95. The van der Waals surface area contributed by atoms with Crippen LogP contribution in [0.1, 0.15) is 64.8 Å². The number of pyridine rings is 2. The van der Waals surface area contributed by atoms with Crippen LogP contribution in [0, 0.1) is 19.8 Å². The lowest BCUT2D eigenvalue weighted by molar-refractivity contribution is -0.141. The highest BCUT2D eigenvalue weighted by molar-refractivity contribution is 5.78. The number of rotatable bonds is 7. The predicted octanol–water partition coefficient (Wildman–Crippen LogP) is 5.53. The Kier molecular flexibility index (Phi) is 10.7. The van der Waals surface area contributed by atoms with Crippen molar-refractivity contribution >= 4 is 35.0 Å². The molecule has 0 N–H and O–H groups in total. The Morgan fingerprint density at radius 1 is 0.645 bits per heavy atom. The number of hydrogen-bond donors (Lipinski definition) is 0. The van der Waals surface area contributed by atoms with Gasteiger partial charge in [0.05, 0.1) is 50.7 Å². The lowest BCUT2D eigenvalue weighted by Gasteiger charge is -2.41. The van der Waals surface area contributed by atoms with Gasteiger partial charge in [0.2, 0.25) is 5.91 Å². The van der Waals surface area contributed by atoms with Crippen LogP contribution in [0.4, 0.5) is 54.1 Å². The number of carbonyl (C=O) groups is 2. The zero-order valence-electron chi connectivity index (χ0n) is 34.1. The molecule has 4 aromatic heterocycles. The second-order valence-electron chi connectivity index (χ2n) is 16.5. The number of fused-ring (bicyclic) bond motifs is 2. The lowest BCUT2D eigenvalue weighted by Crippen LogP contribution is -2.54. The SMILES string of the molecule is Cc1nc2c(c(N3CCC3)n1)CN(C(=O)CC1CN(c3ccnc(C(F)(F)F)c3)C1)C2.Cc1nc2c(c(N3CCC3)n1)CN(C(=O)OC1CN(c3ccnc(C(F)(F)F)c3)C1)C2. The summed E-state index contributed by atoms with van der Waals surface area (Å²) in [6.07, 6.45) is -4.79. The Morgan fingerprint density at radius 3 is 1.58 bits per heavy atom. The molecule has 6 aliphatic rings. The van der Waals surface area contributed by atoms with Crippen molar-refractivity contribution in [1.29, 1.82) is 0 Å². The largest absolute Gasteiger partial charge is 0.442 e. The van der Waals surface area contributed by atoms with Crippen molar-refractivity contribution in [1.82, 2.24) is 39.7 Å². The maximum absolute atomic E-state index is 12.9. The highest BCUT2D eigenvalue weighted by atomic mass is 19.4. The first-order valence-corrected chi connectivity index (χ1v) is 20.6. The van der Waals surface area contributed by atoms with E-state index in [1.165, 1.54) is 12.3 Å². The van der Waals surface area contributed by atoms with Gasteiger partial charge in [-0.1, -0.05) is 0 Å². The van der Waals surface area contributed by atoms with Gasteiger partial charge in [-0.25, -0.2) is 24.7 Å². The molecule has 21 heteroatoms. The predicted molar refractivity (Wildman–Crippen MR) is 212 cm³/mol. The van der Waals surface area contributed by atoms with Gasteiger partial charge in [0.25, 0.3) is 0 Å². The van der Waals surface area contributed by atoms with Gasteiger partial charge in [0, 0.05) is 86.5 Å². The summed E-state index contributed by atoms with van der Waals surface area (Å²) in [5, 5.41) is 0. The Morgan fingerprint density at radius 2 is 1.11 bits per heavy atom. The van der Waals surface area contributed by atoms with Gasteiger partial charge in [-0.2, -0.15) is 26.3 Å². The minimum atomic E-state index is -4.49. The molecule has 0 bridgehead atoms. The number of anilines is 4. The summed E-state index contributed by atoms with van der Waals surface area (Å²) in [7, 11) is 0. The van der Waals surface area contributed by atoms with Crippen molar-refractivity contribution in [3.8, 4) is 0 Å². The summed E-state index contributed by atoms with van der Waals surface area (Å²) in [5.74, 6) is 3.44. The zero-order valence-corrected chi connectivity index (χ0v) is 34.1. The van der Waals surface area contributed by atoms with E-state index in [-0.39, 0.29) is 17.9 Å². The van der Waals surface area contributed by atoms with Crippen LogP contribution in [0.5, 0.6) is 0 Å². The first kappa shape index (κ1) is 41.3. The molecule has 0 unspecified atom stereocenters. The fourth-order valence-electron chi connectivity index (χ4n) is 8.37. The van der Waals surface area contributed by atoms with Crippen molar-refractivity contribution in [2.45, 2.75) is 77.7 Å². The molecular formula is C41H44F6N12O3. The van der Waals surface area contributed by atoms with E-state index in [1.807, 2.05) is 23.6 Å². The normalized spacial score (nSPS) is 18.6. The molecule has 4 saturated heterocycles. The Hall–Kier alpha value is -6.02. The highest BCUT2D eigenvalue weighted by Gasteiger charge is 2.39. The maximum Gasteiger partial charge on any atom is 0.433 e. The number of aryl methyl sites for hydroxylation is 2. The number of amides is 2. The summed E-state index contributed by atoms with van der Waals surface area (Å²) in [6.45, 7) is 11.2. The fraction of sp³-hybridized carbons (Fsp3) is 0.512. The third kappa shape index (κ3) is 8.44. The van der Waals surface area contributed by atoms with Crippen LogP contribution >= 0.6 is 0 Å². The summed E-state index contributed by atoms with van der Waals surface area (Å²) < 4.78 is 82.7. The first-order valence-electron chi connectivity index (χ1n) is 20.6. The van der Waals surface area contributed by atoms with Crippen LogP contribution in [0.2, 0.25) is 0 Å². The minimum Gasteiger partial charge on any atom is -0.442 e. The van der Waals surface area contributed by atoms with E-state index < -0.39 is 29.8 Å². The molecule has 15 nitrogen and oxygen atoms in total. The molecule has 4 fully saturated rings. The second kappa shape index (κ2) is 16.0. The van der Waals surface area contributed by atoms with Crippen molar-refractivity contribution in [3.05, 3.63) is 82.2 Å². The van der Waals surface area contributed by atoms with Gasteiger partial charge in [-0.05, 0) is 51.0 Å². The third-order valence-electron chi connectivity index (χ3n) is 12.0. The quantitative estimate of drug-likeness (QED) is 0.216. The number of alkyl halides is 6. The first-order chi connectivity index (χ1) is 29.6. The summed E-state index contributed by atoms with van der Waals surface area (Å²) >= 11 is 0. The Bertz CT molecular complexity index is 2200. The van der Waals surface area contributed by atoms with Crippen LogP contribution in [0.3, 0.4) is 0 Å². The molecule has 328 valence electrons. The standard InChI is InChI=1S/C21H23F3N6O.C20H21F3N6O2/c1-13-26-17-12-30(11-16(17)20(27-13)28-5-2-6-28)19(31)7-14-9-29(10-14)15-3-4-25-18(8-15)21(22,23)24;1-12-25-16-11-29(10-15(16)18(26-12)27-5-2-6-27)19(30)31-14-8-28(9-14)13-3-4-24-17(7-13)20(21,22)23/h3-4,8,14H,2,5-7,9-12H2,1H3;3-4,7,14H,2,5-6,8-11H2,1H3. The van der Waals surface area contributed by atoms with E-state index in [1.54, 1.807) is 15.9 Å². The third-order valence-corrected chi connectivity index (χ3v) is 12.0. The van der Waals surface area contributed by atoms with Gasteiger partial charge in [0.1, 0.15) is 40.8 Å². The molecule has 0 saturated carbocycles. The second-order valence-corrected chi connectivity index (χ2v) is 16.5. The minimum absolute atomic E-state index is 0.0561. The number of aromatic nitrogens is 6. The van der Waals surface area contributed by atoms with E-state index >= 15 is 0 Å². The Labute approximate surface area is 352 Å². The molecule has 0 aliphatic carbocycles. The number of ether oxygens (including phenoxy) is 1. The summed E-state index contributed by atoms with van der Waals surface area (Å²) in [6, 6.07) is 5.16. The number of hydrogen-bond acceptors (Lipinski definition) is 13. The highest BCUT2D eigenvalue weighted by Crippen LogP contribution is 2.37. The van der Waals surface area contributed by atoms with E-state index in [0.717, 1.165) is 97.3 Å². The number of halogens is 6. The Balaban J connectivity index is 0.000000158. The molecular weight excluding hydrogens is 823 g/mol. The van der Waals surface area contributed by atoms with E-state index in [0.29, 0.717) is 76.0 Å². The molecule has 62 heavy (non-hydrogen) atoms. The van der Waals surface area contributed by atoms with Crippen LogP contribution in [-0.2, 0) is 48.1 Å². The molecule has 0 spiro atoms. The molecule has 2 amide bonds. The average Bonchev–Trinajstić information content (AvgIpc) is 3.78. The van der Waals surface area contributed by atoms with Crippen LogP contribution in [0.15, 0.2) is 36.7 Å². The van der Waals surface area contributed by atoms with Crippen molar-refractivity contribution in [3.63, 3.8) is 0 Å². The molecule has 4 aromatic rings. The van der Waals surface area contributed by atoms with Gasteiger partial charge in [-0.3, -0.25) is 19.7 Å². The van der Waals surface area contributed by atoms with E-state index in [2.05, 4.69) is 39.7 Å². The van der Waals surface area contributed by atoms with Crippen LogP contribution in [-0.4, -0.2) is 110 Å². The van der Waals surface area contributed by atoms with E-state index in [9.17, 15) is 35.9 Å². The van der Waals surface area contributed by atoms with Crippen LogP contribution in [0.25, 0.3) is 0 Å². The smallest absolute Gasteiger partial charge is 0.433 e. The van der Waals surface area contributed by atoms with Crippen molar-refractivity contribution < 1.29 is 40.7 Å². The van der Waals surface area contributed by atoms with Crippen molar-refractivity contribution in [2.75, 3.05) is 72.0 Å². The maximum atomic E-state index is 12.9. The van der Waals surface area contributed by atoms with Gasteiger partial charge < -0.3 is 29.2 Å². The summed E-state index contributed by atoms with van der Waals surface area (Å²) in [4.78, 5) is 61.9. The van der Waals surface area contributed by atoms with Crippen LogP contribution < -0.4 is 19.6 Å². The van der Waals surface area contributed by atoms with Gasteiger partial charge in [-0.15, -0.1) is 0 Å². The van der Waals surface area contributed by atoms with Gasteiger partial charge >= 0.3 is 18.4 Å². The van der Waals surface area contributed by atoms with E-state index in [4.69, 9.17) is 4.74 Å². The summed E-state index contributed by atoms with van der Waals surface area (Å²) in [5.41, 5.74) is 2.85. The topological polar surface area (TPSA) is 140 Å². The molecule has 0 radical (unpaired) electrons. The molecule has 10 rings (SSSR count). The van der Waals surface area contributed by atoms with Crippen molar-refractivity contribution in [2.24, 2.45) is 5.92 Å². The monoisotopic (exact) mass is 866 g/mol. The zero-order chi connectivity index (χ0) is 43.5. The number of nitrogens with zero attached hydrogens (tertiary/aromatic N) is 12. The molecule has 6 aliphatic heterocycles. The fourth-order valence-corrected chi connectivity index (χ4v) is 8.37. The average molecular weight is 867 g/mol. The molecule has 0 aromatic carbocycles.